The third-order valence-electron chi connectivity index (χ3n) is 4.71. The van der Waals surface area contributed by atoms with E-state index in [9.17, 15) is 14.7 Å². The number of carboxylic acid groups (broad SMARTS) is 1. The number of aryl methyl sites for hydroxylation is 1. The fourth-order valence-corrected chi connectivity index (χ4v) is 3.72. The summed E-state index contributed by atoms with van der Waals surface area (Å²) >= 11 is 0. The van der Waals surface area contributed by atoms with Crippen molar-refractivity contribution in [2.75, 3.05) is 0 Å². The van der Waals surface area contributed by atoms with Crippen LogP contribution in [0.2, 0.25) is 0 Å². The summed E-state index contributed by atoms with van der Waals surface area (Å²) in [5.74, 6) is -1.02. The predicted molar refractivity (Wildman–Crippen MR) is 78.9 cm³/mol. The molecule has 0 radical (unpaired) electrons. The Labute approximate surface area is 124 Å². The van der Waals surface area contributed by atoms with E-state index in [1.807, 2.05) is 24.3 Å². The first-order valence-electron chi connectivity index (χ1n) is 7.69. The van der Waals surface area contributed by atoms with Gasteiger partial charge in [-0.3, -0.25) is 4.79 Å². The standard InChI is InChI=1S/C17H21NO3/c1-12(19)18(14-9-10-14)17(16(20)21)11-5-4-7-13-6-2-3-8-15(13)17/h2-3,6,8,14H,4-5,7,9-11H2,1H3,(H,20,21). The average Bonchev–Trinajstić information content (AvgIpc) is 3.26. The van der Waals surface area contributed by atoms with Gasteiger partial charge in [0.05, 0.1) is 0 Å². The van der Waals surface area contributed by atoms with Crippen molar-refractivity contribution in [2.45, 2.75) is 57.0 Å². The first kappa shape index (κ1) is 14.1. The molecule has 2 aliphatic rings. The van der Waals surface area contributed by atoms with E-state index < -0.39 is 11.5 Å². The lowest BCUT2D eigenvalue weighted by molar-refractivity contribution is -0.161. The van der Waals surface area contributed by atoms with Crippen LogP contribution in [0.15, 0.2) is 24.3 Å². The highest BCUT2D eigenvalue weighted by Gasteiger charge is 2.53. The number of hydrogen-bond donors (Lipinski definition) is 1. The zero-order valence-electron chi connectivity index (χ0n) is 12.3. The number of carboxylic acids is 1. The summed E-state index contributed by atoms with van der Waals surface area (Å²) in [4.78, 5) is 26.1. The van der Waals surface area contributed by atoms with E-state index in [4.69, 9.17) is 0 Å². The molecule has 21 heavy (non-hydrogen) atoms. The average molecular weight is 287 g/mol. The molecule has 0 heterocycles. The van der Waals surface area contributed by atoms with Crippen molar-refractivity contribution in [3.63, 3.8) is 0 Å². The molecule has 3 rings (SSSR count). The van der Waals surface area contributed by atoms with Crippen LogP contribution < -0.4 is 0 Å². The lowest BCUT2D eigenvalue weighted by Gasteiger charge is -2.41. The van der Waals surface area contributed by atoms with Gasteiger partial charge in [0.25, 0.3) is 0 Å². The van der Waals surface area contributed by atoms with Crippen molar-refractivity contribution in [3.8, 4) is 0 Å². The van der Waals surface area contributed by atoms with Crippen LogP contribution in [-0.2, 0) is 21.5 Å². The van der Waals surface area contributed by atoms with E-state index in [1.54, 1.807) is 4.90 Å². The highest BCUT2D eigenvalue weighted by molar-refractivity contribution is 5.88. The Balaban J connectivity index is 2.20. The van der Waals surface area contributed by atoms with Gasteiger partial charge in [0.2, 0.25) is 5.91 Å². The van der Waals surface area contributed by atoms with Gasteiger partial charge in [-0.25, -0.2) is 4.79 Å². The maximum Gasteiger partial charge on any atom is 0.334 e. The minimum Gasteiger partial charge on any atom is -0.479 e. The van der Waals surface area contributed by atoms with Crippen molar-refractivity contribution >= 4 is 11.9 Å². The lowest BCUT2D eigenvalue weighted by atomic mass is 9.82. The molecule has 1 amide bonds. The van der Waals surface area contributed by atoms with Crippen LogP contribution in [-0.4, -0.2) is 27.9 Å². The fourth-order valence-electron chi connectivity index (χ4n) is 3.72. The number of hydrogen-bond acceptors (Lipinski definition) is 2. The van der Waals surface area contributed by atoms with Gasteiger partial charge in [0.15, 0.2) is 5.54 Å². The molecule has 0 aromatic heterocycles. The van der Waals surface area contributed by atoms with Gasteiger partial charge in [-0.2, -0.15) is 0 Å². The van der Waals surface area contributed by atoms with Crippen LogP contribution in [0.5, 0.6) is 0 Å². The molecular weight excluding hydrogens is 266 g/mol. The van der Waals surface area contributed by atoms with Gasteiger partial charge in [0.1, 0.15) is 0 Å². The van der Waals surface area contributed by atoms with E-state index in [0.29, 0.717) is 6.42 Å². The molecule has 112 valence electrons. The summed E-state index contributed by atoms with van der Waals surface area (Å²) in [7, 11) is 0. The Hall–Kier alpha value is -1.84. The zero-order chi connectivity index (χ0) is 15.0. The van der Waals surface area contributed by atoms with Gasteiger partial charge in [-0.1, -0.05) is 24.3 Å². The van der Waals surface area contributed by atoms with Crippen LogP contribution in [0.25, 0.3) is 0 Å². The number of aliphatic carboxylic acids is 1. The second-order valence-corrected chi connectivity index (χ2v) is 6.15. The van der Waals surface area contributed by atoms with Crippen LogP contribution in [0.1, 0.15) is 50.2 Å². The van der Waals surface area contributed by atoms with E-state index in [1.165, 1.54) is 6.92 Å². The van der Waals surface area contributed by atoms with Crippen molar-refractivity contribution in [1.82, 2.24) is 4.90 Å². The van der Waals surface area contributed by atoms with Crippen LogP contribution in [0, 0.1) is 0 Å². The quantitative estimate of drug-likeness (QED) is 0.870. The summed E-state index contributed by atoms with van der Waals surface area (Å²) < 4.78 is 0. The van der Waals surface area contributed by atoms with Gasteiger partial charge >= 0.3 is 5.97 Å². The maximum atomic E-state index is 12.3. The Morgan fingerprint density at radius 1 is 1.24 bits per heavy atom. The van der Waals surface area contributed by atoms with Gasteiger partial charge in [-0.05, 0) is 49.7 Å². The summed E-state index contributed by atoms with van der Waals surface area (Å²) in [6.45, 7) is 1.50. The Morgan fingerprint density at radius 3 is 2.57 bits per heavy atom. The van der Waals surface area contributed by atoms with E-state index in [-0.39, 0.29) is 11.9 Å². The monoisotopic (exact) mass is 287 g/mol. The largest absolute Gasteiger partial charge is 0.479 e. The minimum absolute atomic E-state index is 0.0877. The van der Waals surface area contributed by atoms with Crippen molar-refractivity contribution < 1.29 is 14.7 Å². The van der Waals surface area contributed by atoms with Crippen molar-refractivity contribution in [3.05, 3.63) is 35.4 Å². The van der Waals surface area contributed by atoms with E-state index >= 15 is 0 Å². The van der Waals surface area contributed by atoms with Crippen molar-refractivity contribution in [1.29, 1.82) is 0 Å². The number of fused-ring (bicyclic) bond motifs is 1. The van der Waals surface area contributed by atoms with Crippen LogP contribution >= 0.6 is 0 Å². The highest BCUT2D eigenvalue weighted by atomic mass is 16.4. The first-order chi connectivity index (χ1) is 10.1. The molecule has 0 aliphatic heterocycles. The Kier molecular flexibility index (Phi) is 3.47. The van der Waals surface area contributed by atoms with Crippen molar-refractivity contribution in [2.24, 2.45) is 0 Å². The first-order valence-corrected chi connectivity index (χ1v) is 7.69. The van der Waals surface area contributed by atoms with Crippen LogP contribution in [0.3, 0.4) is 0 Å². The van der Waals surface area contributed by atoms with Gasteiger partial charge < -0.3 is 10.0 Å². The van der Waals surface area contributed by atoms with E-state index in [0.717, 1.165) is 43.2 Å². The normalized spacial score (nSPS) is 24.8. The summed E-state index contributed by atoms with van der Waals surface area (Å²) in [5.41, 5.74) is 0.710. The SMILES string of the molecule is CC(=O)N(C1CC1)C1(C(=O)O)CCCCc2ccccc21. The summed E-state index contributed by atoms with van der Waals surface area (Å²) in [6, 6.07) is 7.82. The predicted octanol–water partition coefficient (Wildman–Crippen LogP) is 2.70. The second kappa shape index (κ2) is 5.17. The molecule has 0 saturated heterocycles. The molecule has 1 aromatic rings. The van der Waals surface area contributed by atoms with Crippen LogP contribution in [0.4, 0.5) is 0 Å². The third-order valence-corrected chi connectivity index (χ3v) is 4.71. The molecule has 1 fully saturated rings. The summed E-state index contributed by atoms with van der Waals surface area (Å²) in [6.07, 6.45) is 5.03. The topological polar surface area (TPSA) is 57.6 Å². The molecule has 4 heteroatoms. The smallest absolute Gasteiger partial charge is 0.334 e. The molecule has 0 bridgehead atoms. The number of nitrogens with zero attached hydrogens (tertiary/aromatic N) is 1. The molecule has 1 unspecified atom stereocenters. The second-order valence-electron chi connectivity index (χ2n) is 6.15. The molecule has 4 nitrogen and oxygen atoms in total. The highest BCUT2D eigenvalue weighted by Crippen LogP contribution is 2.45. The lowest BCUT2D eigenvalue weighted by Crippen LogP contribution is -2.55. The molecule has 2 aliphatic carbocycles. The molecule has 1 aromatic carbocycles. The number of amides is 1. The molecular formula is C17H21NO3. The molecule has 0 spiro atoms. The Morgan fingerprint density at radius 2 is 1.95 bits per heavy atom. The molecule has 1 saturated carbocycles. The maximum absolute atomic E-state index is 12.3. The number of carbonyl (C=O) groups excluding carboxylic acids is 1. The van der Waals surface area contributed by atoms with Gasteiger partial charge in [-0.15, -0.1) is 0 Å². The zero-order valence-corrected chi connectivity index (χ0v) is 12.3. The minimum atomic E-state index is -1.18. The molecule has 1 N–H and O–H groups in total. The fraction of sp³-hybridized carbons (Fsp3) is 0.529. The Bertz CT molecular complexity index is 579. The van der Waals surface area contributed by atoms with Gasteiger partial charge in [0, 0.05) is 13.0 Å². The van der Waals surface area contributed by atoms with E-state index in [2.05, 4.69) is 0 Å². The number of rotatable bonds is 3. The summed E-state index contributed by atoms with van der Waals surface area (Å²) in [5, 5.41) is 10.1. The number of benzene rings is 1. The third kappa shape index (κ3) is 2.23. The number of carbonyl (C=O) groups is 2. The molecule has 1 atom stereocenters.